The van der Waals surface area contributed by atoms with Crippen molar-refractivity contribution in [1.29, 1.82) is 0 Å². The lowest BCUT2D eigenvalue weighted by Crippen LogP contribution is -2.29. The number of carbonyl (C=O) groups is 1. The van der Waals surface area contributed by atoms with E-state index in [-0.39, 0.29) is 11.7 Å². The van der Waals surface area contributed by atoms with E-state index in [9.17, 15) is 9.18 Å². The molecule has 0 bridgehead atoms. The van der Waals surface area contributed by atoms with E-state index in [4.69, 9.17) is 0 Å². The summed E-state index contributed by atoms with van der Waals surface area (Å²) >= 11 is 0. The normalized spacial score (nSPS) is 17.3. The highest BCUT2D eigenvalue weighted by atomic mass is 19.1. The Balaban J connectivity index is 1.78. The highest BCUT2D eigenvalue weighted by Crippen LogP contribution is 2.28. The average molecular weight is 313 g/mol. The van der Waals surface area contributed by atoms with Crippen molar-refractivity contribution in [3.63, 3.8) is 0 Å². The molecule has 2 aliphatic rings. The molecule has 1 aromatic heterocycles. The van der Waals surface area contributed by atoms with E-state index in [1.807, 2.05) is 9.58 Å². The number of hydrogen-bond acceptors (Lipinski definition) is 2. The molecule has 5 heteroatoms. The van der Waals surface area contributed by atoms with Crippen LogP contribution in [0.25, 0.3) is 5.69 Å². The van der Waals surface area contributed by atoms with Crippen LogP contribution in [0.15, 0.2) is 24.3 Å². The van der Waals surface area contributed by atoms with Crippen LogP contribution in [0.4, 0.5) is 4.39 Å². The average Bonchev–Trinajstić information content (AvgIpc) is 3.23. The van der Waals surface area contributed by atoms with Gasteiger partial charge in [0.15, 0.2) is 5.69 Å². The van der Waals surface area contributed by atoms with Crippen LogP contribution in [-0.4, -0.2) is 33.7 Å². The van der Waals surface area contributed by atoms with Crippen molar-refractivity contribution in [2.45, 2.75) is 38.5 Å². The van der Waals surface area contributed by atoms with Gasteiger partial charge in [-0.2, -0.15) is 5.10 Å². The predicted octanol–water partition coefficient (Wildman–Crippen LogP) is 3.13. The molecule has 2 heterocycles. The summed E-state index contributed by atoms with van der Waals surface area (Å²) in [5.74, 6) is -0.204. The third-order valence-electron chi connectivity index (χ3n) is 4.85. The van der Waals surface area contributed by atoms with Crippen molar-refractivity contribution in [3.05, 3.63) is 47.0 Å². The van der Waals surface area contributed by atoms with E-state index in [2.05, 4.69) is 5.10 Å². The SMILES string of the molecule is O=C(c1nn(-c2ccc(F)cc2)c2c1CCCC2)N1CCCC1. The quantitative estimate of drug-likeness (QED) is 0.854. The highest BCUT2D eigenvalue weighted by Gasteiger charge is 2.29. The number of aromatic nitrogens is 2. The van der Waals surface area contributed by atoms with Gasteiger partial charge in [-0.1, -0.05) is 0 Å². The number of benzene rings is 1. The van der Waals surface area contributed by atoms with Gasteiger partial charge in [-0.15, -0.1) is 0 Å². The second-order valence-corrected chi connectivity index (χ2v) is 6.37. The largest absolute Gasteiger partial charge is 0.337 e. The maximum absolute atomic E-state index is 13.2. The van der Waals surface area contributed by atoms with Crippen LogP contribution in [0.5, 0.6) is 0 Å². The van der Waals surface area contributed by atoms with Gasteiger partial charge >= 0.3 is 0 Å². The molecule has 1 aliphatic carbocycles. The van der Waals surface area contributed by atoms with E-state index in [1.165, 1.54) is 12.1 Å². The Hall–Kier alpha value is -2.17. The molecule has 0 atom stereocenters. The maximum Gasteiger partial charge on any atom is 0.274 e. The lowest BCUT2D eigenvalue weighted by Gasteiger charge is -2.16. The van der Waals surface area contributed by atoms with Crippen LogP contribution >= 0.6 is 0 Å². The molecule has 4 nitrogen and oxygen atoms in total. The second-order valence-electron chi connectivity index (χ2n) is 6.37. The summed E-state index contributed by atoms with van der Waals surface area (Å²) in [4.78, 5) is 14.7. The van der Waals surface area contributed by atoms with E-state index in [0.29, 0.717) is 5.69 Å². The minimum atomic E-state index is -0.261. The molecule has 1 aliphatic heterocycles. The van der Waals surface area contributed by atoms with Crippen LogP contribution in [0.3, 0.4) is 0 Å². The van der Waals surface area contributed by atoms with Crippen molar-refractivity contribution in [3.8, 4) is 5.69 Å². The molecule has 0 N–H and O–H groups in total. The van der Waals surface area contributed by atoms with Crippen LogP contribution in [-0.2, 0) is 12.8 Å². The van der Waals surface area contributed by atoms with Crippen molar-refractivity contribution in [2.24, 2.45) is 0 Å². The standard InChI is InChI=1S/C18H20FN3O/c19-13-7-9-14(10-8-13)22-16-6-2-1-5-15(16)17(20-22)18(23)21-11-3-4-12-21/h7-10H,1-6,11-12H2. The van der Waals surface area contributed by atoms with Gasteiger partial charge in [-0.05, 0) is 62.8 Å². The Morgan fingerprint density at radius 2 is 1.70 bits per heavy atom. The summed E-state index contributed by atoms with van der Waals surface area (Å²) in [7, 11) is 0. The number of fused-ring (bicyclic) bond motifs is 1. The van der Waals surface area contributed by atoms with E-state index < -0.39 is 0 Å². The van der Waals surface area contributed by atoms with Gasteiger partial charge in [0.1, 0.15) is 5.82 Å². The Bertz CT molecular complexity index is 729. The lowest BCUT2D eigenvalue weighted by molar-refractivity contribution is 0.0785. The molecule has 120 valence electrons. The first kappa shape index (κ1) is 14.4. The van der Waals surface area contributed by atoms with Gasteiger partial charge in [0.05, 0.1) is 5.69 Å². The van der Waals surface area contributed by atoms with Gasteiger partial charge in [-0.3, -0.25) is 4.79 Å². The van der Waals surface area contributed by atoms with Crippen molar-refractivity contribution in [1.82, 2.24) is 14.7 Å². The highest BCUT2D eigenvalue weighted by molar-refractivity contribution is 5.94. The second kappa shape index (κ2) is 5.80. The lowest BCUT2D eigenvalue weighted by atomic mass is 9.95. The van der Waals surface area contributed by atoms with Crippen molar-refractivity contribution < 1.29 is 9.18 Å². The Morgan fingerprint density at radius 1 is 1.00 bits per heavy atom. The molecule has 1 amide bonds. The van der Waals surface area contributed by atoms with Crippen molar-refractivity contribution in [2.75, 3.05) is 13.1 Å². The van der Waals surface area contributed by atoms with Crippen LogP contribution < -0.4 is 0 Å². The zero-order valence-corrected chi connectivity index (χ0v) is 13.1. The number of carbonyl (C=O) groups excluding carboxylic acids is 1. The minimum Gasteiger partial charge on any atom is -0.337 e. The number of rotatable bonds is 2. The van der Waals surface area contributed by atoms with Gasteiger partial charge in [0, 0.05) is 24.3 Å². The minimum absolute atomic E-state index is 0.0570. The Labute approximate surface area is 134 Å². The van der Waals surface area contributed by atoms with Gasteiger partial charge < -0.3 is 4.90 Å². The molecule has 0 spiro atoms. The molecule has 2 aromatic rings. The monoisotopic (exact) mass is 313 g/mol. The smallest absolute Gasteiger partial charge is 0.274 e. The molecule has 4 rings (SSSR count). The van der Waals surface area contributed by atoms with Crippen LogP contribution in [0.2, 0.25) is 0 Å². The molecular weight excluding hydrogens is 293 g/mol. The molecule has 23 heavy (non-hydrogen) atoms. The fraction of sp³-hybridized carbons (Fsp3) is 0.444. The number of likely N-dealkylation sites (tertiary alicyclic amines) is 1. The zero-order chi connectivity index (χ0) is 15.8. The van der Waals surface area contributed by atoms with E-state index in [1.54, 1.807) is 12.1 Å². The first-order valence-corrected chi connectivity index (χ1v) is 8.40. The third kappa shape index (κ3) is 2.54. The Kier molecular flexibility index (Phi) is 3.63. The van der Waals surface area contributed by atoms with Gasteiger partial charge in [0.2, 0.25) is 0 Å². The molecule has 1 fully saturated rings. The molecular formula is C18H20FN3O. The first-order valence-electron chi connectivity index (χ1n) is 8.40. The van der Waals surface area contributed by atoms with E-state index >= 15 is 0 Å². The summed E-state index contributed by atoms with van der Waals surface area (Å²) in [6, 6.07) is 6.32. The van der Waals surface area contributed by atoms with Crippen LogP contribution in [0, 0.1) is 5.82 Å². The number of amides is 1. The fourth-order valence-corrected chi connectivity index (χ4v) is 3.64. The molecule has 0 radical (unpaired) electrons. The number of hydrogen-bond donors (Lipinski definition) is 0. The fourth-order valence-electron chi connectivity index (χ4n) is 3.64. The summed E-state index contributed by atoms with van der Waals surface area (Å²) in [6.45, 7) is 1.66. The summed E-state index contributed by atoms with van der Waals surface area (Å²) in [5, 5.41) is 4.64. The van der Waals surface area contributed by atoms with Crippen molar-refractivity contribution >= 4 is 5.91 Å². The number of halogens is 1. The third-order valence-corrected chi connectivity index (χ3v) is 4.85. The summed E-state index contributed by atoms with van der Waals surface area (Å²) < 4.78 is 15.0. The van der Waals surface area contributed by atoms with Gasteiger partial charge in [-0.25, -0.2) is 9.07 Å². The topological polar surface area (TPSA) is 38.1 Å². The predicted molar refractivity (Wildman–Crippen MR) is 85.3 cm³/mol. The molecule has 1 saturated heterocycles. The van der Waals surface area contributed by atoms with E-state index in [0.717, 1.165) is 68.6 Å². The molecule has 0 unspecified atom stereocenters. The summed E-state index contributed by atoms with van der Waals surface area (Å²) in [5.41, 5.74) is 3.64. The number of nitrogens with zero attached hydrogens (tertiary/aromatic N) is 3. The molecule has 1 aromatic carbocycles. The molecule has 0 saturated carbocycles. The van der Waals surface area contributed by atoms with Crippen LogP contribution in [0.1, 0.15) is 47.4 Å². The van der Waals surface area contributed by atoms with Gasteiger partial charge in [0.25, 0.3) is 5.91 Å². The Morgan fingerprint density at radius 3 is 2.43 bits per heavy atom. The maximum atomic E-state index is 13.2. The summed E-state index contributed by atoms with van der Waals surface area (Å²) in [6.07, 6.45) is 6.19. The first-order chi connectivity index (χ1) is 11.2. The zero-order valence-electron chi connectivity index (χ0n) is 13.1.